The van der Waals surface area contributed by atoms with Crippen molar-refractivity contribution < 1.29 is 24.2 Å². The van der Waals surface area contributed by atoms with Gasteiger partial charge in [0, 0.05) is 18.4 Å². The van der Waals surface area contributed by atoms with Gasteiger partial charge in [-0.15, -0.1) is 0 Å². The molecule has 7 nitrogen and oxygen atoms in total. The monoisotopic (exact) mass is 452 g/mol. The number of carbonyl (C=O) groups excluding carboxylic acids is 2. The molecule has 0 heterocycles. The van der Waals surface area contributed by atoms with Gasteiger partial charge in [-0.3, -0.25) is 4.79 Å². The lowest BCUT2D eigenvalue weighted by molar-refractivity contribution is -0.142. The Balaban J connectivity index is 1.60. The van der Waals surface area contributed by atoms with Crippen LogP contribution in [-0.4, -0.2) is 41.8 Å². The largest absolute Gasteiger partial charge is 0.480 e. The fraction of sp³-hybridized carbons (Fsp3) is 0.423. The number of hydrogen-bond donors (Lipinski definition) is 3. The Hall–Kier alpha value is -3.35. The zero-order valence-electron chi connectivity index (χ0n) is 19.2. The number of nitrogens with one attached hydrogen (secondary N) is 2. The number of unbranched alkanes of at least 4 members (excludes halogenated alkanes) is 1. The predicted octanol–water partition coefficient (Wildman–Crippen LogP) is 4.45. The molecule has 3 rings (SSSR count). The van der Waals surface area contributed by atoms with Gasteiger partial charge in [-0.25, -0.2) is 9.59 Å². The number of aliphatic carboxylic acids is 1. The van der Waals surface area contributed by atoms with E-state index in [2.05, 4.69) is 34.9 Å². The van der Waals surface area contributed by atoms with E-state index in [0.29, 0.717) is 12.8 Å². The average molecular weight is 453 g/mol. The van der Waals surface area contributed by atoms with E-state index in [-0.39, 0.29) is 18.9 Å². The molecule has 2 aromatic carbocycles. The molecule has 176 valence electrons. The maximum absolute atomic E-state index is 12.6. The smallest absolute Gasteiger partial charge is 0.407 e. The number of alkyl carbamates (subject to hydrolysis) is 1. The zero-order valence-corrected chi connectivity index (χ0v) is 19.2. The molecule has 2 amide bonds. The number of carboxylic acids is 1. The Labute approximate surface area is 194 Å². The Morgan fingerprint density at radius 2 is 1.58 bits per heavy atom. The molecular weight excluding hydrogens is 420 g/mol. The molecule has 7 heteroatoms. The third-order valence-corrected chi connectivity index (χ3v) is 6.05. The number of fused-ring (bicyclic) bond motifs is 3. The van der Waals surface area contributed by atoms with Crippen LogP contribution in [0.5, 0.6) is 0 Å². The molecule has 0 bridgehead atoms. The van der Waals surface area contributed by atoms with Crippen LogP contribution in [0.3, 0.4) is 0 Å². The van der Waals surface area contributed by atoms with Crippen molar-refractivity contribution in [2.24, 2.45) is 0 Å². The van der Waals surface area contributed by atoms with E-state index in [1.54, 1.807) is 6.92 Å². The highest BCUT2D eigenvalue weighted by Crippen LogP contribution is 2.44. The number of hydrogen-bond acceptors (Lipinski definition) is 4. The van der Waals surface area contributed by atoms with Crippen LogP contribution in [0.4, 0.5) is 4.79 Å². The summed E-state index contributed by atoms with van der Waals surface area (Å²) in [6, 6.07) is 14.9. The number of carbonyl (C=O) groups is 3. The molecule has 1 unspecified atom stereocenters. The van der Waals surface area contributed by atoms with Crippen molar-refractivity contribution in [3.05, 3.63) is 59.7 Å². The summed E-state index contributed by atoms with van der Waals surface area (Å²) in [7, 11) is 0. The standard InChI is InChI=1S/C26H32N2O5/c1-3-5-10-17(15-24(29)28-23(4-2)25(30)31)27-26(32)33-16-22-20-13-8-6-11-18(20)19-12-7-9-14-21(19)22/h6-9,11-14,17,22-23H,3-5,10,15-16H2,1-2H3,(H,27,32)(H,28,29)(H,30,31)/t17?,23-/m1/s1. The van der Waals surface area contributed by atoms with Gasteiger partial charge in [-0.2, -0.15) is 0 Å². The van der Waals surface area contributed by atoms with Gasteiger partial charge in [-0.05, 0) is 35.1 Å². The second kappa shape index (κ2) is 11.5. The van der Waals surface area contributed by atoms with Crippen LogP contribution in [0.15, 0.2) is 48.5 Å². The van der Waals surface area contributed by atoms with Crippen LogP contribution in [0.25, 0.3) is 11.1 Å². The summed E-state index contributed by atoms with van der Waals surface area (Å²) in [6.45, 7) is 3.92. The van der Waals surface area contributed by atoms with Crippen LogP contribution >= 0.6 is 0 Å². The Bertz CT molecular complexity index is 945. The molecule has 0 fully saturated rings. The topological polar surface area (TPSA) is 105 Å². The molecule has 33 heavy (non-hydrogen) atoms. The number of ether oxygens (including phenoxy) is 1. The normalized spacial score (nSPS) is 14.0. The van der Waals surface area contributed by atoms with Crippen molar-refractivity contribution in [2.45, 2.75) is 64.0 Å². The SMILES string of the molecule is CCCCC(CC(=O)N[C@H](CC)C(=O)O)NC(=O)OCC1c2ccccc2-c2ccccc21. The molecule has 0 spiro atoms. The minimum atomic E-state index is -1.07. The van der Waals surface area contributed by atoms with Gasteiger partial charge in [0.15, 0.2) is 0 Å². The number of carboxylic acid groups (broad SMARTS) is 1. The van der Waals surface area contributed by atoms with Gasteiger partial charge in [0.1, 0.15) is 12.6 Å². The second-order valence-electron chi connectivity index (χ2n) is 8.38. The molecule has 2 aromatic rings. The number of amides is 2. The van der Waals surface area contributed by atoms with Gasteiger partial charge in [0.25, 0.3) is 0 Å². The Kier molecular flexibility index (Phi) is 8.46. The summed E-state index contributed by atoms with van der Waals surface area (Å²) in [4.78, 5) is 36.1. The third-order valence-electron chi connectivity index (χ3n) is 6.05. The molecule has 3 N–H and O–H groups in total. The first-order valence-corrected chi connectivity index (χ1v) is 11.6. The molecule has 1 aliphatic carbocycles. The molecule has 0 saturated heterocycles. The van der Waals surface area contributed by atoms with Crippen LogP contribution in [-0.2, 0) is 14.3 Å². The van der Waals surface area contributed by atoms with E-state index >= 15 is 0 Å². The molecular formula is C26H32N2O5. The summed E-state index contributed by atoms with van der Waals surface area (Å²) in [6.07, 6.45) is 2.08. The summed E-state index contributed by atoms with van der Waals surface area (Å²) in [5, 5.41) is 14.5. The minimum Gasteiger partial charge on any atom is -0.480 e. The fourth-order valence-electron chi connectivity index (χ4n) is 4.30. The first-order valence-electron chi connectivity index (χ1n) is 11.6. The van der Waals surface area contributed by atoms with Crippen LogP contribution in [0.2, 0.25) is 0 Å². The molecule has 1 aliphatic rings. The van der Waals surface area contributed by atoms with Crippen molar-refractivity contribution in [1.29, 1.82) is 0 Å². The summed E-state index contributed by atoms with van der Waals surface area (Å²) < 4.78 is 5.60. The van der Waals surface area contributed by atoms with Crippen molar-refractivity contribution in [3.8, 4) is 11.1 Å². The number of benzene rings is 2. The lowest BCUT2D eigenvalue weighted by atomic mass is 9.98. The Morgan fingerprint density at radius 3 is 2.12 bits per heavy atom. The molecule has 0 saturated carbocycles. The molecule has 0 aliphatic heterocycles. The van der Waals surface area contributed by atoms with Crippen LogP contribution in [0, 0.1) is 0 Å². The minimum absolute atomic E-state index is 0.00791. The lowest BCUT2D eigenvalue weighted by Crippen LogP contribution is -2.44. The third kappa shape index (κ3) is 6.12. The summed E-state index contributed by atoms with van der Waals surface area (Å²) in [5.74, 6) is -1.51. The van der Waals surface area contributed by atoms with E-state index in [9.17, 15) is 14.4 Å². The van der Waals surface area contributed by atoms with E-state index in [0.717, 1.165) is 35.1 Å². The van der Waals surface area contributed by atoms with E-state index < -0.39 is 30.1 Å². The first-order chi connectivity index (χ1) is 15.9. The summed E-state index contributed by atoms with van der Waals surface area (Å²) in [5.41, 5.74) is 4.58. The van der Waals surface area contributed by atoms with Gasteiger partial charge >= 0.3 is 12.1 Å². The predicted molar refractivity (Wildman–Crippen MR) is 126 cm³/mol. The maximum Gasteiger partial charge on any atom is 0.407 e. The van der Waals surface area contributed by atoms with Crippen molar-refractivity contribution >= 4 is 18.0 Å². The lowest BCUT2D eigenvalue weighted by Gasteiger charge is -2.21. The number of rotatable bonds is 11. The van der Waals surface area contributed by atoms with Crippen molar-refractivity contribution in [2.75, 3.05) is 6.61 Å². The highest BCUT2D eigenvalue weighted by atomic mass is 16.5. The van der Waals surface area contributed by atoms with Gasteiger partial charge in [-0.1, -0.05) is 75.2 Å². The van der Waals surface area contributed by atoms with E-state index in [4.69, 9.17) is 9.84 Å². The van der Waals surface area contributed by atoms with Crippen molar-refractivity contribution in [1.82, 2.24) is 10.6 Å². The molecule has 2 atom stereocenters. The summed E-state index contributed by atoms with van der Waals surface area (Å²) >= 11 is 0. The molecule has 0 radical (unpaired) electrons. The Morgan fingerprint density at radius 1 is 0.970 bits per heavy atom. The van der Waals surface area contributed by atoms with Gasteiger partial charge in [0.2, 0.25) is 5.91 Å². The van der Waals surface area contributed by atoms with Gasteiger partial charge in [0.05, 0.1) is 0 Å². The van der Waals surface area contributed by atoms with E-state index in [1.165, 1.54) is 0 Å². The second-order valence-corrected chi connectivity index (χ2v) is 8.38. The maximum atomic E-state index is 12.6. The van der Waals surface area contributed by atoms with Crippen LogP contribution < -0.4 is 10.6 Å². The van der Waals surface area contributed by atoms with Gasteiger partial charge < -0.3 is 20.5 Å². The fourth-order valence-corrected chi connectivity index (χ4v) is 4.30. The zero-order chi connectivity index (χ0) is 23.8. The van der Waals surface area contributed by atoms with Crippen molar-refractivity contribution in [3.63, 3.8) is 0 Å². The quantitative estimate of drug-likeness (QED) is 0.467. The molecule has 0 aromatic heterocycles. The van der Waals surface area contributed by atoms with Crippen LogP contribution in [0.1, 0.15) is 63.0 Å². The first kappa shape index (κ1) is 24.3. The van der Waals surface area contributed by atoms with E-state index in [1.807, 2.05) is 31.2 Å². The highest BCUT2D eigenvalue weighted by Gasteiger charge is 2.29. The highest BCUT2D eigenvalue weighted by molar-refractivity contribution is 5.84. The average Bonchev–Trinajstić information content (AvgIpc) is 3.13.